The summed E-state index contributed by atoms with van der Waals surface area (Å²) in [4.78, 5) is 4.30. The van der Waals surface area contributed by atoms with Crippen molar-refractivity contribution in [2.75, 3.05) is 7.05 Å². The molecule has 0 unspecified atom stereocenters. The molecule has 4 rings (SSSR count). The van der Waals surface area contributed by atoms with E-state index in [0.29, 0.717) is 0 Å². The predicted molar refractivity (Wildman–Crippen MR) is 80.3 cm³/mol. The van der Waals surface area contributed by atoms with E-state index in [0.717, 1.165) is 25.7 Å². The molecule has 19 heavy (non-hydrogen) atoms. The van der Waals surface area contributed by atoms with Crippen molar-refractivity contribution < 1.29 is 0 Å². The van der Waals surface area contributed by atoms with Gasteiger partial charge in [-0.15, -0.1) is 0 Å². The number of aliphatic imine (C=N–C) groups is 1. The number of hydrogen-bond acceptors (Lipinski definition) is 1. The Bertz CT molecular complexity index is 687. The van der Waals surface area contributed by atoms with E-state index in [1.807, 2.05) is 7.05 Å². The molecular formula is C18H17N. The van der Waals surface area contributed by atoms with Crippen LogP contribution in [0.1, 0.15) is 25.7 Å². The fourth-order valence-electron chi connectivity index (χ4n) is 3.51. The maximum absolute atomic E-state index is 4.30. The average Bonchev–Trinajstić information content (AvgIpc) is 3.03. The van der Waals surface area contributed by atoms with Gasteiger partial charge in [0.15, 0.2) is 0 Å². The van der Waals surface area contributed by atoms with Gasteiger partial charge in [0, 0.05) is 19.2 Å². The maximum atomic E-state index is 4.30. The minimum Gasteiger partial charge on any atom is -0.293 e. The minimum atomic E-state index is 1.03. The zero-order chi connectivity index (χ0) is 13.0. The zero-order valence-corrected chi connectivity index (χ0v) is 11.3. The highest BCUT2D eigenvalue weighted by Gasteiger charge is 2.27. The first kappa shape index (κ1) is 11.0. The molecule has 0 aromatic carbocycles. The molecule has 0 heterocycles. The lowest BCUT2D eigenvalue weighted by Gasteiger charge is -2.00. The Morgan fingerprint density at radius 3 is 1.95 bits per heavy atom. The molecule has 1 nitrogen and oxygen atoms in total. The van der Waals surface area contributed by atoms with Crippen molar-refractivity contribution in [2.24, 2.45) is 4.99 Å². The molecule has 0 spiro atoms. The third-order valence-electron chi connectivity index (χ3n) is 4.49. The SMILES string of the molecule is C=C1C=C2C/C(=C3\C=C4CC(=NC)C=C4C3)C=C2C1. The third kappa shape index (κ3) is 1.65. The lowest BCUT2D eigenvalue weighted by Crippen LogP contribution is -1.87. The maximum Gasteiger partial charge on any atom is 0.0391 e. The first-order valence-electron chi connectivity index (χ1n) is 6.91. The molecule has 4 aliphatic rings. The molecule has 1 heteroatoms. The topological polar surface area (TPSA) is 12.4 Å². The second-order valence-corrected chi connectivity index (χ2v) is 5.81. The zero-order valence-electron chi connectivity index (χ0n) is 11.3. The molecule has 0 bridgehead atoms. The summed E-state index contributed by atoms with van der Waals surface area (Å²) in [5.74, 6) is 0. The Balaban J connectivity index is 1.67. The van der Waals surface area contributed by atoms with Crippen LogP contribution in [0.3, 0.4) is 0 Å². The Morgan fingerprint density at radius 2 is 1.37 bits per heavy atom. The predicted octanol–water partition coefficient (Wildman–Crippen LogP) is 4.23. The molecule has 0 atom stereocenters. The van der Waals surface area contributed by atoms with Crippen LogP contribution in [0.4, 0.5) is 0 Å². The van der Waals surface area contributed by atoms with Crippen LogP contribution in [0.15, 0.2) is 74.9 Å². The molecule has 0 amide bonds. The van der Waals surface area contributed by atoms with Crippen molar-refractivity contribution in [3.63, 3.8) is 0 Å². The molecule has 0 aromatic rings. The van der Waals surface area contributed by atoms with E-state index in [1.54, 1.807) is 0 Å². The summed E-state index contributed by atoms with van der Waals surface area (Å²) in [5, 5.41) is 0. The summed E-state index contributed by atoms with van der Waals surface area (Å²) in [5.41, 5.74) is 11.5. The molecule has 0 saturated carbocycles. The van der Waals surface area contributed by atoms with Gasteiger partial charge in [0.1, 0.15) is 0 Å². The van der Waals surface area contributed by atoms with E-state index in [4.69, 9.17) is 0 Å². The van der Waals surface area contributed by atoms with Crippen molar-refractivity contribution in [3.05, 3.63) is 69.9 Å². The molecule has 94 valence electrons. The van der Waals surface area contributed by atoms with Crippen molar-refractivity contribution in [1.82, 2.24) is 0 Å². The molecular weight excluding hydrogens is 230 g/mol. The van der Waals surface area contributed by atoms with Crippen LogP contribution in [-0.4, -0.2) is 12.8 Å². The molecule has 0 fully saturated rings. The van der Waals surface area contributed by atoms with Gasteiger partial charge in [-0.2, -0.15) is 0 Å². The molecule has 0 saturated heterocycles. The fraction of sp³-hybridized carbons (Fsp3) is 0.278. The summed E-state index contributed by atoms with van der Waals surface area (Å²) in [6.07, 6.45) is 13.6. The first-order valence-corrected chi connectivity index (χ1v) is 6.91. The van der Waals surface area contributed by atoms with Crippen LogP contribution in [0.5, 0.6) is 0 Å². The van der Waals surface area contributed by atoms with Gasteiger partial charge in [0.25, 0.3) is 0 Å². The van der Waals surface area contributed by atoms with Crippen molar-refractivity contribution in [2.45, 2.75) is 25.7 Å². The molecule has 0 radical (unpaired) electrons. The van der Waals surface area contributed by atoms with Crippen LogP contribution in [0.25, 0.3) is 0 Å². The fourth-order valence-corrected chi connectivity index (χ4v) is 3.51. The molecule has 0 N–H and O–H groups in total. The van der Waals surface area contributed by atoms with Gasteiger partial charge in [0.2, 0.25) is 0 Å². The number of nitrogens with zero attached hydrogens (tertiary/aromatic N) is 1. The van der Waals surface area contributed by atoms with Gasteiger partial charge in [-0.3, -0.25) is 4.99 Å². The summed E-state index contributed by atoms with van der Waals surface area (Å²) in [6, 6.07) is 0. The van der Waals surface area contributed by atoms with E-state index < -0.39 is 0 Å². The van der Waals surface area contributed by atoms with Crippen LogP contribution >= 0.6 is 0 Å². The van der Waals surface area contributed by atoms with Crippen LogP contribution in [0.2, 0.25) is 0 Å². The largest absolute Gasteiger partial charge is 0.293 e. The van der Waals surface area contributed by atoms with E-state index in [-0.39, 0.29) is 0 Å². The summed E-state index contributed by atoms with van der Waals surface area (Å²) in [6.45, 7) is 4.06. The Labute approximate surface area is 114 Å². The van der Waals surface area contributed by atoms with E-state index in [2.05, 4.69) is 35.9 Å². The number of fused-ring (bicyclic) bond motifs is 2. The van der Waals surface area contributed by atoms with E-state index in [1.165, 1.54) is 44.7 Å². The van der Waals surface area contributed by atoms with E-state index in [9.17, 15) is 0 Å². The van der Waals surface area contributed by atoms with Gasteiger partial charge >= 0.3 is 0 Å². The number of allylic oxidation sites excluding steroid dienone is 11. The minimum absolute atomic E-state index is 1.03. The number of rotatable bonds is 0. The highest BCUT2D eigenvalue weighted by molar-refractivity contribution is 6.02. The second kappa shape index (κ2) is 3.80. The Kier molecular flexibility index (Phi) is 2.20. The average molecular weight is 247 g/mol. The molecule has 0 aromatic heterocycles. The van der Waals surface area contributed by atoms with Crippen molar-refractivity contribution in [3.8, 4) is 0 Å². The second-order valence-electron chi connectivity index (χ2n) is 5.81. The van der Waals surface area contributed by atoms with E-state index >= 15 is 0 Å². The van der Waals surface area contributed by atoms with Gasteiger partial charge in [0.05, 0.1) is 0 Å². The first-order chi connectivity index (χ1) is 9.22. The van der Waals surface area contributed by atoms with Gasteiger partial charge in [-0.25, -0.2) is 0 Å². The lowest BCUT2D eigenvalue weighted by molar-refractivity contribution is 1.16. The highest BCUT2D eigenvalue weighted by atomic mass is 14.7. The normalized spacial score (nSPS) is 30.4. The highest BCUT2D eigenvalue weighted by Crippen LogP contribution is 2.44. The van der Waals surface area contributed by atoms with Crippen molar-refractivity contribution >= 4 is 5.71 Å². The Hall–Kier alpha value is -1.89. The monoisotopic (exact) mass is 247 g/mol. The van der Waals surface area contributed by atoms with Gasteiger partial charge in [-0.05, 0) is 58.8 Å². The van der Waals surface area contributed by atoms with Gasteiger partial charge in [-0.1, -0.05) is 30.4 Å². The van der Waals surface area contributed by atoms with Gasteiger partial charge < -0.3 is 0 Å². The summed E-state index contributed by atoms with van der Waals surface area (Å²) >= 11 is 0. The van der Waals surface area contributed by atoms with Crippen LogP contribution in [-0.2, 0) is 0 Å². The number of hydrogen-bond donors (Lipinski definition) is 0. The molecule has 4 aliphatic carbocycles. The quantitative estimate of drug-likeness (QED) is 0.607. The summed E-state index contributed by atoms with van der Waals surface area (Å²) in [7, 11) is 1.88. The Morgan fingerprint density at radius 1 is 0.789 bits per heavy atom. The van der Waals surface area contributed by atoms with Crippen LogP contribution in [0, 0.1) is 0 Å². The summed E-state index contributed by atoms with van der Waals surface area (Å²) < 4.78 is 0. The lowest BCUT2D eigenvalue weighted by atomic mass is 10.0. The third-order valence-corrected chi connectivity index (χ3v) is 4.49. The van der Waals surface area contributed by atoms with Crippen molar-refractivity contribution in [1.29, 1.82) is 0 Å². The smallest absolute Gasteiger partial charge is 0.0391 e. The molecule has 0 aliphatic heterocycles. The van der Waals surface area contributed by atoms with Crippen LogP contribution < -0.4 is 0 Å². The standard InChI is InChI=1S/C18H17N/c1-11-3-12-5-14(6-13(12)4-11)15-7-16-9-18(19-2)10-17(16)8-15/h3,6-7,10H,1,4-5,8-9H2,2H3/b15-14-,19-18?.